The van der Waals surface area contributed by atoms with Gasteiger partial charge in [0.05, 0.1) is 0 Å². The standard InChI is InChI=1S/C12H20N2O2S3/c1-9-6-14(7-10(2)18-9)19(15,16)12-4-11(5-13-3)8-17-12/h4,8-10,13H,5-7H2,1-3H3. The van der Waals surface area contributed by atoms with Crippen LogP contribution in [0.15, 0.2) is 15.7 Å². The van der Waals surface area contributed by atoms with Gasteiger partial charge in [-0.3, -0.25) is 0 Å². The average molecular weight is 321 g/mol. The summed E-state index contributed by atoms with van der Waals surface area (Å²) in [6.45, 7) is 6.09. The normalized spacial score (nSPS) is 25.6. The molecule has 0 amide bonds. The summed E-state index contributed by atoms with van der Waals surface area (Å²) in [5.41, 5.74) is 1.03. The molecule has 2 heterocycles. The molecule has 0 bridgehead atoms. The molecule has 0 spiro atoms. The van der Waals surface area contributed by atoms with Gasteiger partial charge in [0.25, 0.3) is 10.0 Å². The molecule has 1 aromatic rings. The maximum Gasteiger partial charge on any atom is 0.252 e. The highest BCUT2D eigenvalue weighted by Gasteiger charge is 2.32. The Labute approximate surface area is 123 Å². The fourth-order valence-corrected chi connectivity index (χ4v) is 6.73. The second kappa shape index (κ2) is 6.13. The Morgan fingerprint density at radius 2 is 2.00 bits per heavy atom. The van der Waals surface area contributed by atoms with Gasteiger partial charge in [0, 0.05) is 30.1 Å². The number of thioether (sulfide) groups is 1. The van der Waals surface area contributed by atoms with Gasteiger partial charge in [-0.05, 0) is 24.1 Å². The molecule has 4 nitrogen and oxygen atoms in total. The molecule has 0 aliphatic carbocycles. The SMILES string of the molecule is CNCc1csc(S(=O)(=O)N2CC(C)SC(C)C2)c1. The van der Waals surface area contributed by atoms with Gasteiger partial charge in [-0.15, -0.1) is 11.3 Å². The third-order valence-corrected chi connectivity index (χ3v) is 7.51. The van der Waals surface area contributed by atoms with E-state index in [1.807, 2.05) is 24.2 Å². The second-order valence-corrected chi connectivity index (χ2v) is 9.84. The van der Waals surface area contributed by atoms with Crippen LogP contribution in [-0.4, -0.2) is 43.4 Å². The number of sulfonamides is 1. The van der Waals surface area contributed by atoms with Crippen molar-refractivity contribution in [1.29, 1.82) is 0 Å². The number of hydrogen-bond acceptors (Lipinski definition) is 5. The van der Waals surface area contributed by atoms with Crippen molar-refractivity contribution < 1.29 is 8.42 Å². The molecular formula is C12H20N2O2S3. The summed E-state index contributed by atoms with van der Waals surface area (Å²) in [7, 11) is -1.46. The molecule has 2 atom stereocenters. The van der Waals surface area contributed by atoms with E-state index >= 15 is 0 Å². The van der Waals surface area contributed by atoms with E-state index < -0.39 is 10.0 Å². The van der Waals surface area contributed by atoms with Gasteiger partial charge in [0.2, 0.25) is 0 Å². The van der Waals surface area contributed by atoms with Crippen molar-refractivity contribution in [3.8, 4) is 0 Å². The Balaban J connectivity index is 2.20. The Hall–Kier alpha value is -0.0800. The quantitative estimate of drug-likeness (QED) is 0.922. The predicted octanol–water partition coefficient (Wildman–Crippen LogP) is 1.98. The molecule has 0 radical (unpaired) electrons. The topological polar surface area (TPSA) is 49.4 Å². The summed E-state index contributed by atoms with van der Waals surface area (Å²) in [6, 6.07) is 1.79. The van der Waals surface area contributed by atoms with E-state index in [0.717, 1.165) is 5.56 Å². The summed E-state index contributed by atoms with van der Waals surface area (Å²) < 4.78 is 27.3. The zero-order valence-corrected chi connectivity index (χ0v) is 13.9. The molecular weight excluding hydrogens is 300 g/mol. The Morgan fingerprint density at radius 3 is 2.58 bits per heavy atom. The van der Waals surface area contributed by atoms with Crippen molar-refractivity contribution in [2.75, 3.05) is 20.1 Å². The number of rotatable bonds is 4. The molecule has 7 heteroatoms. The maximum atomic E-state index is 12.6. The van der Waals surface area contributed by atoms with Crippen molar-refractivity contribution in [2.45, 2.75) is 35.1 Å². The van der Waals surface area contributed by atoms with Gasteiger partial charge in [-0.25, -0.2) is 8.42 Å². The summed E-state index contributed by atoms with van der Waals surface area (Å²) in [5.74, 6) is 0. The van der Waals surface area contributed by atoms with E-state index in [2.05, 4.69) is 19.2 Å². The van der Waals surface area contributed by atoms with Crippen LogP contribution < -0.4 is 5.32 Å². The molecule has 0 saturated carbocycles. The van der Waals surface area contributed by atoms with Gasteiger partial charge in [0.1, 0.15) is 4.21 Å². The molecule has 19 heavy (non-hydrogen) atoms. The number of hydrogen-bond donors (Lipinski definition) is 1. The molecule has 2 unspecified atom stereocenters. The van der Waals surface area contributed by atoms with Gasteiger partial charge in [-0.1, -0.05) is 13.8 Å². The van der Waals surface area contributed by atoms with Crippen molar-refractivity contribution in [3.63, 3.8) is 0 Å². The summed E-state index contributed by atoms with van der Waals surface area (Å²) in [6.07, 6.45) is 0. The highest BCUT2D eigenvalue weighted by atomic mass is 32.2. The fourth-order valence-electron chi connectivity index (χ4n) is 2.24. The predicted molar refractivity (Wildman–Crippen MR) is 82.4 cm³/mol. The van der Waals surface area contributed by atoms with Crippen LogP contribution in [-0.2, 0) is 16.6 Å². The molecule has 0 aromatic carbocycles. The van der Waals surface area contributed by atoms with Crippen LogP contribution >= 0.6 is 23.1 Å². The molecule has 1 N–H and O–H groups in total. The monoisotopic (exact) mass is 320 g/mol. The highest BCUT2D eigenvalue weighted by Crippen LogP contribution is 2.31. The highest BCUT2D eigenvalue weighted by molar-refractivity contribution is 8.00. The van der Waals surface area contributed by atoms with Gasteiger partial charge < -0.3 is 5.32 Å². The summed E-state index contributed by atoms with van der Waals surface area (Å²) >= 11 is 3.17. The molecule has 1 saturated heterocycles. The summed E-state index contributed by atoms with van der Waals surface area (Å²) in [4.78, 5) is 0. The van der Waals surface area contributed by atoms with Crippen LogP contribution in [0.1, 0.15) is 19.4 Å². The lowest BCUT2D eigenvalue weighted by atomic mass is 10.3. The molecule has 1 fully saturated rings. The third kappa shape index (κ3) is 3.52. The van der Waals surface area contributed by atoms with Gasteiger partial charge in [0.15, 0.2) is 0 Å². The van der Waals surface area contributed by atoms with Crippen molar-refractivity contribution in [3.05, 3.63) is 17.0 Å². The lowest BCUT2D eigenvalue weighted by molar-refractivity contribution is 0.406. The van der Waals surface area contributed by atoms with E-state index in [9.17, 15) is 8.42 Å². The number of nitrogens with one attached hydrogen (secondary N) is 1. The van der Waals surface area contributed by atoms with E-state index in [4.69, 9.17) is 0 Å². The molecule has 1 aromatic heterocycles. The minimum absolute atomic E-state index is 0.357. The van der Waals surface area contributed by atoms with E-state index in [1.165, 1.54) is 11.3 Å². The first-order valence-corrected chi connectivity index (χ1v) is 9.57. The number of thiophene rings is 1. The van der Waals surface area contributed by atoms with Crippen LogP contribution in [0.25, 0.3) is 0 Å². The Morgan fingerprint density at radius 1 is 1.37 bits per heavy atom. The lowest BCUT2D eigenvalue weighted by Crippen LogP contribution is -2.43. The van der Waals surface area contributed by atoms with E-state index in [-0.39, 0.29) is 0 Å². The van der Waals surface area contributed by atoms with E-state index in [0.29, 0.717) is 34.3 Å². The van der Waals surface area contributed by atoms with Crippen molar-refractivity contribution in [1.82, 2.24) is 9.62 Å². The first kappa shape index (κ1) is 15.3. The first-order valence-electron chi connectivity index (χ1n) is 6.31. The first-order chi connectivity index (χ1) is 8.93. The minimum atomic E-state index is -3.31. The smallest absolute Gasteiger partial charge is 0.252 e. The zero-order valence-electron chi connectivity index (χ0n) is 11.4. The average Bonchev–Trinajstić information content (AvgIpc) is 2.77. The Kier molecular flexibility index (Phi) is 4.94. The summed E-state index contributed by atoms with van der Waals surface area (Å²) in [5, 5.41) is 5.66. The molecule has 2 rings (SSSR count). The van der Waals surface area contributed by atoms with Crippen molar-refractivity contribution >= 4 is 33.1 Å². The largest absolute Gasteiger partial charge is 0.316 e. The van der Waals surface area contributed by atoms with Crippen LogP contribution in [0.3, 0.4) is 0 Å². The van der Waals surface area contributed by atoms with Gasteiger partial charge in [-0.2, -0.15) is 16.1 Å². The van der Waals surface area contributed by atoms with Crippen molar-refractivity contribution in [2.24, 2.45) is 0 Å². The minimum Gasteiger partial charge on any atom is -0.316 e. The van der Waals surface area contributed by atoms with E-state index in [1.54, 1.807) is 10.4 Å². The molecule has 1 aliphatic heterocycles. The van der Waals surface area contributed by atoms with Crippen LogP contribution in [0, 0.1) is 0 Å². The molecule has 108 valence electrons. The maximum absolute atomic E-state index is 12.6. The van der Waals surface area contributed by atoms with Crippen LogP contribution in [0.5, 0.6) is 0 Å². The fraction of sp³-hybridized carbons (Fsp3) is 0.667. The molecule has 1 aliphatic rings. The number of nitrogens with zero attached hydrogens (tertiary/aromatic N) is 1. The second-order valence-electron chi connectivity index (χ2n) is 4.88. The van der Waals surface area contributed by atoms with Crippen LogP contribution in [0.2, 0.25) is 0 Å². The zero-order chi connectivity index (χ0) is 14.0. The third-order valence-electron chi connectivity index (χ3n) is 2.99. The lowest BCUT2D eigenvalue weighted by Gasteiger charge is -2.33. The Bertz CT molecular complexity index is 517. The van der Waals surface area contributed by atoms with Crippen LogP contribution in [0.4, 0.5) is 0 Å². The van der Waals surface area contributed by atoms with Gasteiger partial charge >= 0.3 is 0 Å².